The van der Waals surface area contributed by atoms with E-state index in [4.69, 9.17) is 0 Å². The Labute approximate surface area is 96.5 Å². The van der Waals surface area contributed by atoms with E-state index in [2.05, 4.69) is 20.3 Å². The van der Waals surface area contributed by atoms with Crippen LogP contribution in [0.3, 0.4) is 0 Å². The first kappa shape index (κ1) is 11.7. The van der Waals surface area contributed by atoms with E-state index in [9.17, 15) is 4.79 Å². The molecule has 1 saturated carbocycles. The highest BCUT2D eigenvalue weighted by molar-refractivity contribution is 5.67. The third kappa shape index (κ3) is 3.64. The fourth-order valence-electron chi connectivity index (χ4n) is 2.09. The molecule has 1 aliphatic heterocycles. The SMILES string of the molecule is COC(=O)NC1CCN(CCNC2CC2)C1. The van der Waals surface area contributed by atoms with Crippen molar-refractivity contribution in [1.82, 2.24) is 15.5 Å². The summed E-state index contributed by atoms with van der Waals surface area (Å²) in [5.41, 5.74) is 0. The molecule has 5 heteroatoms. The summed E-state index contributed by atoms with van der Waals surface area (Å²) in [5, 5.41) is 6.34. The van der Waals surface area contributed by atoms with Gasteiger partial charge in [-0.15, -0.1) is 0 Å². The number of rotatable bonds is 5. The van der Waals surface area contributed by atoms with Crippen LogP contribution in [0.15, 0.2) is 0 Å². The summed E-state index contributed by atoms with van der Waals surface area (Å²) in [6.07, 6.45) is 3.39. The molecule has 0 radical (unpaired) electrons. The molecule has 2 fully saturated rings. The number of carbonyl (C=O) groups is 1. The van der Waals surface area contributed by atoms with Gasteiger partial charge in [-0.3, -0.25) is 4.90 Å². The quantitative estimate of drug-likeness (QED) is 0.703. The zero-order valence-corrected chi connectivity index (χ0v) is 9.87. The number of hydrogen-bond acceptors (Lipinski definition) is 4. The lowest BCUT2D eigenvalue weighted by Gasteiger charge is -2.16. The van der Waals surface area contributed by atoms with Crippen LogP contribution < -0.4 is 10.6 Å². The van der Waals surface area contributed by atoms with Crippen molar-refractivity contribution in [2.24, 2.45) is 0 Å². The molecule has 0 aromatic rings. The smallest absolute Gasteiger partial charge is 0.407 e. The number of likely N-dealkylation sites (tertiary alicyclic amines) is 1. The third-order valence-corrected chi connectivity index (χ3v) is 3.22. The molecule has 16 heavy (non-hydrogen) atoms. The third-order valence-electron chi connectivity index (χ3n) is 3.22. The van der Waals surface area contributed by atoms with E-state index in [1.54, 1.807) is 0 Å². The molecule has 0 spiro atoms. The second kappa shape index (κ2) is 5.50. The van der Waals surface area contributed by atoms with Crippen molar-refractivity contribution in [1.29, 1.82) is 0 Å². The van der Waals surface area contributed by atoms with Gasteiger partial charge in [-0.2, -0.15) is 0 Å². The fraction of sp³-hybridized carbons (Fsp3) is 0.909. The number of nitrogens with one attached hydrogen (secondary N) is 2. The summed E-state index contributed by atoms with van der Waals surface area (Å²) in [6.45, 7) is 4.16. The highest BCUT2D eigenvalue weighted by atomic mass is 16.5. The molecular weight excluding hydrogens is 206 g/mol. The minimum atomic E-state index is -0.317. The Hall–Kier alpha value is -0.810. The maximum atomic E-state index is 11.0. The lowest BCUT2D eigenvalue weighted by Crippen LogP contribution is -2.38. The molecule has 2 aliphatic rings. The van der Waals surface area contributed by atoms with Gasteiger partial charge in [0.1, 0.15) is 0 Å². The molecule has 1 unspecified atom stereocenters. The van der Waals surface area contributed by atoms with Crippen LogP contribution in [0.4, 0.5) is 4.79 Å². The van der Waals surface area contributed by atoms with Crippen LogP contribution in [0.2, 0.25) is 0 Å². The Morgan fingerprint density at radius 1 is 1.38 bits per heavy atom. The second-order valence-corrected chi connectivity index (χ2v) is 4.65. The predicted molar refractivity (Wildman–Crippen MR) is 61.4 cm³/mol. The first-order chi connectivity index (χ1) is 7.78. The highest BCUT2D eigenvalue weighted by Gasteiger charge is 2.24. The van der Waals surface area contributed by atoms with E-state index in [0.29, 0.717) is 0 Å². The molecule has 1 atom stereocenters. The Balaban J connectivity index is 1.57. The number of hydrogen-bond donors (Lipinski definition) is 2. The molecule has 1 amide bonds. The molecule has 0 aromatic carbocycles. The van der Waals surface area contributed by atoms with Gasteiger partial charge < -0.3 is 15.4 Å². The standard InChI is InChI=1S/C11H21N3O2/c1-16-11(15)13-10-4-6-14(8-10)7-5-12-9-2-3-9/h9-10,12H,2-8H2,1H3,(H,13,15). The summed E-state index contributed by atoms with van der Waals surface area (Å²) in [6, 6.07) is 1.04. The Morgan fingerprint density at radius 3 is 2.88 bits per heavy atom. The number of alkyl carbamates (subject to hydrolysis) is 1. The topological polar surface area (TPSA) is 53.6 Å². The van der Waals surface area contributed by atoms with E-state index < -0.39 is 0 Å². The molecule has 1 saturated heterocycles. The van der Waals surface area contributed by atoms with Gasteiger partial charge in [-0.1, -0.05) is 0 Å². The van der Waals surface area contributed by atoms with Crippen LogP contribution in [0.5, 0.6) is 0 Å². The van der Waals surface area contributed by atoms with Crippen molar-refractivity contribution >= 4 is 6.09 Å². The molecule has 92 valence electrons. The molecule has 1 heterocycles. The minimum absolute atomic E-state index is 0.258. The Bertz CT molecular complexity index is 243. The molecule has 1 aliphatic carbocycles. The number of methoxy groups -OCH3 is 1. The van der Waals surface area contributed by atoms with Gasteiger partial charge in [0.15, 0.2) is 0 Å². The number of nitrogens with zero attached hydrogens (tertiary/aromatic N) is 1. The van der Waals surface area contributed by atoms with Crippen molar-refractivity contribution in [2.75, 3.05) is 33.3 Å². The van der Waals surface area contributed by atoms with Crippen LogP contribution >= 0.6 is 0 Å². The van der Waals surface area contributed by atoms with Crippen LogP contribution in [0.25, 0.3) is 0 Å². The van der Waals surface area contributed by atoms with Crippen molar-refractivity contribution in [3.63, 3.8) is 0 Å². The first-order valence-electron chi connectivity index (χ1n) is 6.08. The number of amides is 1. The molecule has 0 aromatic heterocycles. The molecule has 5 nitrogen and oxygen atoms in total. The van der Waals surface area contributed by atoms with E-state index in [0.717, 1.165) is 38.6 Å². The normalized spacial score (nSPS) is 25.7. The summed E-state index contributed by atoms with van der Waals surface area (Å²) >= 11 is 0. The molecular formula is C11H21N3O2. The van der Waals surface area contributed by atoms with E-state index in [1.807, 2.05) is 0 Å². The Kier molecular flexibility index (Phi) is 4.01. The van der Waals surface area contributed by atoms with Crippen LogP contribution in [0, 0.1) is 0 Å². The van der Waals surface area contributed by atoms with Crippen molar-refractivity contribution in [2.45, 2.75) is 31.3 Å². The highest BCUT2D eigenvalue weighted by Crippen LogP contribution is 2.18. The van der Waals surface area contributed by atoms with Gasteiger partial charge in [0.05, 0.1) is 7.11 Å². The Morgan fingerprint density at radius 2 is 2.19 bits per heavy atom. The second-order valence-electron chi connectivity index (χ2n) is 4.65. The average Bonchev–Trinajstić information content (AvgIpc) is 2.99. The van der Waals surface area contributed by atoms with Gasteiger partial charge in [-0.25, -0.2) is 4.79 Å². The molecule has 0 bridgehead atoms. The predicted octanol–water partition coefficient (Wildman–Crippen LogP) is 0.169. The van der Waals surface area contributed by atoms with E-state index in [-0.39, 0.29) is 12.1 Å². The molecule has 2 N–H and O–H groups in total. The van der Waals surface area contributed by atoms with Crippen LogP contribution in [-0.4, -0.2) is 56.4 Å². The lowest BCUT2D eigenvalue weighted by atomic mass is 10.3. The maximum absolute atomic E-state index is 11.0. The lowest BCUT2D eigenvalue weighted by molar-refractivity contribution is 0.166. The summed E-state index contributed by atoms with van der Waals surface area (Å²) in [7, 11) is 1.40. The zero-order valence-electron chi connectivity index (χ0n) is 9.87. The average molecular weight is 227 g/mol. The largest absolute Gasteiger partial charge is 0.453 e. The zero-order chi connectivity index (χ0) is 11.4. The van der Waals surface area contributed by atoms with Crippen molar-refractivity contribution in [3.8, 4) is 0 Å². The number of ether oxygens (including phenoxy) is 1. The summed E-state index contributed by atoms with van der Waals surface area (Å²) < 4.78 is 4.59. The van der Waals surface area contributed by atoms with E-state index in [1.165, 1.54) is 20.0 Å². The van der Waals surface area contributed by atoms with Gasteiger partial charge in [0.25, 0.3) is 0 Å². The van der Waals surface area contributed by atoms with Gasteiger partial charge in [-0.05, 0) is 19.3 Å². The van der Waals surface area contributed by atoms with Crippen molar-refractivity contribution < 1.29 is 9.53 Å². The number of carbonyl (C=O) groups excluding carboxylic acids is 1. The van der Waals surface area contributed by atoms with Gasteiger partial charge in [0.2, 0.25) is 0 Å². The minimum Gasteiger partial charge on any atom is -0.453 e. The van der Waals surface area contributed by atoms with Gasteiger partial charge in [0, 0.05) is 38.3 Å². The first-order valence-corrected chi connectivity index (χ1v) is 6.08. The van der Waals surface area contributed by atoms with E-state index >= 15 is 0 Å². The molecule has 2 rings (SSSR count). The van der Waals surface area contributed by atoms with Crippen LogP contribution in [-0.2, 0) is 4.74 Å². The summed E-state index contributed by atoms with van der Waals surface area (Å²) in [4.78, 5) is 13.4. The van der Waals surface area contributed by atoms with Crippen molar-refractivity contribution in [3.05, 3.63) is 0 Å². The van der Waals surface area contributed by atoms with Crippen LogP contribution in [0.1, 0.15) is 19.3 Å². The summed E-state index contributed by atoms with van der Waals surface area (Å²) in [5.74, 6) is 0. The maximum Gasteiger partial charge on any atom is 0.407 e. The fourth-order valence-corrected chi connectivity index (χ4v) is 2.09. The monoisotopic (exact) mass is 227 g/mol. The van der Waals surface area contributed by atoms with Gasteiger partial charge >= 0.3 is 6.09 Å².